The van der Waals surface area contributed by atoms with Crippen LogP contribution in [0.15, 0.2) is 15.9 Å². The van der Waals surface area contributed by atoms with Gasteiger partial charge in [0, 0.05) is 19.5 Å². The van der Waals surface area contributed by atoms with Gasteiger partial charge < -0.3 is 15.2 Å². The van der Waals surface area contributed by atoms with Gasteiger partial charge >= 0.3 is 0 Å². The Morgan fingerprint density at radius 3 is 2.87 bits per heavy atom. The maximum Gasteiger partial charge on any atom is 0.261 e. The molecule has 2 aromatic heterocycles. The maximum absolute atomic E-state index is 11.8. The van der Waals surface area contributed by atoms with Gasteiger partial charge in [-0.3, -0.25) is 14.7 Å². The fourth-order valence-electron chi connectivity index (χ4n) is 1.93. The quantitative estimate of drug-likeness (QED) is 0.599. The molecule has 0 aliphatic heterocycles. The third-order valence-electron chi connectivity index (χ3n) is 3.03. The van der Waals surface area contributed by atoms with E-state index in [1.165, 1.54) is 11.3 Å². The minimum Gasteiger partial charge on any atom is -0.354 e. The number of halogens is 1. The van der Waals surface area contributed by atoms with Gasteiger partial charge in [-0.25, -0.2) is 0 Å². The summed E-state index contributed by atoms with van der Waals surface area (Å²) in [5, 5.41) is 12.2. The van der Waals surface area contributed by atoms with Crippen molar-refractivity contribution in [2.45, 2.75) is 19.9 Å². The Morgan fingerprint density at radius 2 is 2.22 bits per heavy atom. The van der Waals surface area contributed by atoms with E-state index in [2.05, 4.69) is 36.8 Å². The van der Waals surface area contributed by atoms with E-state index in [9.17, 15) is 9.59 Å². The van der Waals surface area contributed by atoms with Crippen LogP contribution >= 0.6 is 39.5 Å². The van der Waals surface area contributed by atoms with Crippen LogP contribution in [-0.4, -0.2) is 39.7 Å². The summed E-state index contributed by atoms with van der Waals surface area (Å²) in [6, 6.07) is 3.50. The van der Waals surface area contributed by atoms with Crippen molar-refractivity contribution in [3.63, 3.8) is 0 Å². The Morgan fingerprint density at radius 1 is 1.43 bits per heavy atom. The van der Waals surface area contributed by atoms with E-state index in [0.717, 1.165) is 16.2 Å². The van der Waals surface area contributed by atoms with Crippen LogP contribution in [0.2, 0.25) is 0 Å². The minimum atomic E-state index is -0.261. The molecule has 0 fully saturated rings. The molecule has 0 aliphatic carbocycles. The zero-order chi connectivity index (χ0) is 16.8. The molecule has 23 heavy (non-hydrogen) atoms. The third kappa shape index (κ3) is 4.98. The average molecular weight is 418 g/mol. The van der Waals surface area contributed by atoms with Gasteiger partial charge in [-0.05, 0) is 47.2 Å². The first-order valence-corrected chi connectivity index (χ1v) is 8.97. The molecular weight excluding hydrogens is 402 g/mol. The molecule has 2 amide bonds. The van der Waals surface area contributed by atoms with E-state index in [1.54, 1.807) is 12.1 Å². The highest BCUT2D eigenvalue weighted by molar-refractivity contribution is 9.11. The largest absolute Gasteiger partial charge is 0.354 e. The van der Waals surface area contributed by atoms with Crippen molar-refractivity contribution in [1.29, 1.82) is 0 Å². The lowest BCUT2D eigenvalue weighted by Gasteiger charge is -2.07. The number of thiophene rings is 1. The molecule has 7 nitrogen and oxygen atoms in total. The number of aromatic nitrogens is 3. The summed E-state index contributed by atoms with van der Waals surface area (Å²) in [5.74, 6) is 0.291. The maximum atomic E-state index is 11.8. The van der Waals surface area contributed by atoms with Crippen LogP contribution in [0.1, 0.15) is 22.4 Å². The molecule has 0 spiro atoms. The van der Waals surface area contributed by atoms with Gasteiger partial charge in [-0.2, -0.15) is 5.10 Å². The summed E-state index contributed by atoms with van der Waals surface area (Å²) in [6.07, 6.45) is 0.568. The molecule has 124 valence electrons. The van der Waals surface area contributed by atoms with Gasteiger partial charge in [-0.1, -0.05) is 0 Å². The highest BCUT2D eigenvalue weighted by atomic mass is 79.9. The number of rotatable bonds is 7. The van der Waals surface area contributed by atoms with Crippen molar-refractivity contribution >= 4 is 51.3 Å². The van der Waals surface area contributed by atoms with Gasteiger partial charge in [-0.15, -0.1) is 11.3 Å². The van der Waals surface area contributed by atoms with Crippen molar-refractivity contribution in [3.8, 4) is 0 Å². The Bertz CT molecular complexity index is 752. The number of aromatic amines is 1. The van der Waals surface area contributed by atoms with Gasteiger partial charge in [0.15, 0.2) is 4.77 Å². The van der Waals surface area contributed by atoms with E-state index in [-0.39, 0.29) is 18.4 Å². The van der Waals surface area contributed by atoms with Crippen LogP contribution in [-0.2, 0) is 17.8 Å². The molecule has 0 aromatic carbocycles. The summed E-state index contributed by atoms with van der Waals surface area (Å²) in [4.78, 5) is 24.1. The van der Waals surface area contributed by atoms with E-state index < -0.39 is 0 Å². The predicted molar refractivity (Wildman–Crippen MR) is 94.2 cm³/mol. The van der Waals surface area contributed by atoms with Crippen molar-refractivity contribution < 1.29 is 9.59 Å². The lowest BCUT2D eigenvalue weighted by atomic mass is 10.4. The Kier molecular flexibility index (Phi) is 6.48. The second kappa shape index (κ2) is 8.37. The molecule has 0 bridgehead atoms. The first-order chi connectivity index (χ1) is 11.0. The number of nitrogens with zero attached hydrogens (tertiary/aromatic N) is 2. The van der Waals surface area contributed by atoms with E-state index in [1.807, 2.05) is 11.5 Å². The van der Waals surface area contributed by atoms with Crippen LogP contribution in [0.5, 0.6) is 0 Å². The van der Waals surface area contributed by atoms with Crippen LogP contribution in [0.3, 0.4) is 0 Å². The standard InChI is InChI=1S/C13H16BrN5O2S2/c1-2-19-10(17-18-13(19)22)5-6-15-11(20)7-16-12(21)8-3-4-9(14)23-8/h3-4H,2,5-7H2,1H3,(H,15,20)(H,16,21)(H,18,22). The molecule has 0 aliphatic rings. The summed E-state index contributed by atoms with van der Waals surface area (Å²) < 4.78 is 3.32. The Balaban J connectivity index is 1.73. The van der Waals surface area contributed by atoms with Crippen molar-refractivity contribution in [2.24, 2.45) is 0 Å². The molecule has 0 saturated heterocycles. The van der Waals surface area contributed by atoms with Gasteiger partial charge in [0.25, 0.3) is 5.91 Å². The summed E-state index contributed by atoms with van der Waals surface area (Å²) in [5.41, 5.74) is 0. The SMILES string of the molecule is CCn1c(CCNC(=O)CNC(=O)c2ccc(Br)s2)n[nH]c1=S. The van der Waals surface area contributed by atoms with Crippen molar-refractivity contribution in [3.05, 3.63) is 31.4 Å². The van der Waals surface area contributed by atoms with Crippen molar-refractivity contribution in [1.82, 2.24) is 25.4 Å². The number of amides is 2. The van der Waals surface area contributed by atoms with E-state index >= 15 is 0 Å². The zero-order valence-electron chi connectivity index (χ0n) is 12.4. The second-order valence-corrected chi connectivity index (χ2v) is 7.43. The van der Waals surface area contributed by atoms with Gasteiger partial charge in [0.2, 0.25) is 5.91 Å². The molecule has 0 atom stereocenters. The van der Waals surface area contributed by atoms with Crippen LogP contribution < -0.4 is 10.6 Å². The number of H-pyrrole nitrogens is 1. The molecule has 0 radical (unpaired) electrons. The molecule has 10 heteroatoms. The van der Waals surface area contributed by atoms with Gasteiger partial charge in [0.1, 0.15) is 5.82 Å². The number of hydrogen-bond acceptors (Lipinski definition) is 5. The lowest BCUT2D eigenvalue weighted by molar-refractivity contribution is -0.120. The minimum absolute atomic E-state index is 0.0605. The molecule has 2 aromatic rings. The molecule has 0 saturated carbocycles. The molecule has 2 rings (SSSR count). The Hall–Kier alpha value is -1.52. The molecular formula is C13H16BrN5O2S2. The average Bonchev–Trinajstić information content (AvgIpc) is 3.11. The molecule has 0 unspecified atom stereocenters. The van der Waals surface area contributed by atoms with Crippen LogP contribution in [0.25, 0.3) is 0 Å². The smallest absolute Gasteiger partial charge is 0.261 e. The summed E-state index contributed by atoms with van der Waals surface area (Å²) in [6.45, 7) is 3.07. The van der Waals surface area contributed by atoms with Crippen LogP contribution in [0, 0.1) is 4.77 Å². The summed E-state index contributed by atoms with van der Waals surface area (Å²) in [7, 11) is 0. The zero-order valence-corrected chi connectivity index (χ0v) is 15.6. The monoisotopic (exact) mass is 417 g/mol. The highest BCUT2D eigenvalue weighted by Crippen LogP contribution is 2.21. The fraction of sp³-hybridized carbons (Fsp3) is 0.385. The fourth-order valence-corrected chi connectivity index (χ4v) is 3.51. The molecule has 2 heterocycles. The summed E-state index contributed by atoms with van der Waals surface area (Å²) >= 11 is 9.71. The normalized spacial score (nSPS) is 10.5. The van der Waals surface area contributed by atoms with Crippen molar-refractivity contribution in [2.75, 3.05) is 13.1 Å². The Labute approximate surface area is 150 Å². The highest BCUT2D eigenvalue weighted by Gasteiger charge is 2.10. The number of nitrogens with one attached hydrogen (secondary N) is 3. The number of carbonyl (C=O) groups is 2. The lowest BCUT2D eigenvalue weighted by Crippen LogP contribution is -2.37. The van der Waals surface area contributed by atoms with E-state index in [0.29, 0.717) is 22.6 Å². The number of carbonyl (C=O) groups excluding carboxylic acids is 2. The van der Waals surface area contributed by atoms with Crippen LogP contribution in [0.4, 0.5) is 0 Å². The van der Waals surface area contributed by atoms with Gasteiger partial charge in [0.05, 0.1) is 15.2 Å². The number of hydrogen-bond donors (Lipinski definition) is 3. The predicted octanol–water partition coefficient (Wildman–Crippen LogP) is 1.87. The third-order valence-corrected chi connectivity index (χ3v) is 4.96. The molecule has 3 N–H and O–H groups in total. The first-order valence-electron chi connectivity index (χ1n) is 6.95. The second-order valence-electron chi connectivity index (χ2n) is 4.58. The first kappa shape index (κ1) is 17.8. The van der Waals surface area contributed by atoms with E-state index in [4.69, 9.17) is 12.2 Å². The topological polar surface area (TPSA) is 91.8 Å².